The molecule has 1 saturated carbocycles. The van der Waals surface area contributed by atoms with E-state index in [1.54, 1.807) is 0 Å². The molecule has 0 nitrogen and oxygen atoms in total. The second-order valence-corrected chi connectivity index (χ2v) is 5.90. The Labute approximate surface area is 96.4 Å². The molecule has 0 aliphatic heterocycles. The van der Waals surface area contributed by atoms with Crippen molar-refractivity contribution in [3.05, 3.63) is 20.8 Å². The van der Waals surface area contributed by atoms with Crippen LogP contribution >= 0.6 is 38.9 Å². The van der Waals surface area contributed by atoms with Crippen LogP contribution in [0.15, 0.2) is 15.9 Å². The molecule has 1 aliphatic carbocycles. The molecule has 0 bridgehead atoms. The van der Waals surface area contributed by atoms with Crippen molar-refractivity contribution >= 4 is 38.9 Å². The number of alkyl halides is 1. The van der Waals surface area contributed by atoms with Crippen LogP contribution in [0.1, 0.15) is 36.5 Å². The van der Waals surface area contributed by atoms with E-state index < -0.39 is 0 Å². The summed E-state index contributed by atoms with van der Waals surface area (Å²) in [5, 5.41) is 2.49. The van der Waals surface area contributed by atoms with Crippen molar-refractivity contribution in [3.63, 3.8) is 0 Å². The molecule has 0 amide bonds. The summed E-state index contributed by atoms with van der Waals surface area (Å²) in [6.07, 6.45) is 5.07. The zero-order valence-electron chi connectivity index (χ0n) is 7.30. The van der Waals surface area contributed by atoms with E-state index in [0.717, 1.165) is 0 Å². The Balaban J connectivity index is 2.19. The minimum absolute atomic E-state index is 0.351. The number of hydrogen-bond acceptors (Lipinski definition) is 1. The van der Waals surface area contributed by atoms with Crippen molar-refractivity contribution in [2.24, 2.45) is 0 Å². The van der Waals surface area contributed by atoms with Crippen LogP contribution in [0.25, 0.3) is 0 Å². The van der Waals surface area contributed by atoms with E-state index in [2.05, 4.69) is 27.4 Å². The molecule has 0 radical (unpaired) electrons. The lowest BCUT2D eigenvalue weighted by molar-refractivity contribution is 0.454. The quantitative estimate of drug-likeness (QED) is 0.649. The van der Waals surface area contributed by atoms with Crippen LogP contribution in [0.5, 0.6) is 0 Å². The third-order valence-corrected chi connectivity index (χ3v) is 5.19. The Morgan fingerprint density at radius 2 is 2.15 bits per heavy atom. The SMILES string of the molecule is ClC1CCCCC1c1sccc1Br. The molecule has 72 valence electrons. The van der Waals surface area contributed by atoms with Crippen molar-refractivity contribution in [1.82, 2.24) is 0 Å². The van der Waals surface area contributed by atoms with Gasteiger partial charge in [-0.25, -0.2) is 0 Å². The van der Waals surface area contributed by atoms with Crippen LogP contribution in [-0.4, -0.2) is 5.38 Å². The van der Waals surface area contributed by atoms with E-state index in [-0.39, 0.29) is 0 Å². The van der Waals surface area contributed by atoms with Crippen molar-refractivity contribution in [2.45, 2.75) is 37.0 Å². The van der Waals surface area contributed by atoms with Gasteiger partial charge in [0.15, 0.2) is 0 Å². The van der Waals surface area contributed by atoms with Gasteiger partial charge in [-0.1, -0.05) is 12.8 Å². The van der Waals surface area contributed by atoms with Crippen LogP contribution in [0, 0.1) is 0 Å². The monoisotopic (exact) mass is 278 g/mol. The summed E-state index contributed by atoms with van der Waals surface area (Å²) < 4.78 is 1.25. The standard InChI is InChI=1S/C10H12BrClS/c11-8-5-6-13-10(8)7-3-1-2-4-9(7)12/h5-7,9H,1-4H2. The van der Waals surface area contributed by atoms with Gasteiger partial charge in [0.2, 0.25) is 0 Å². The topological polar surface area (TPSA) is 0 Å². The lowest BCUT2D eigenvalue weighted by atomic mass is 9.88. The lowest BCUT2D eigenvalue weighted by Gasteiger charge is -2.26. The van der Waals surface area contributed by atoms with E-state index in [4.69, 9.17) is 11.6 Å². The zero-order valence-corrected chi connectivity index (χ0v) is 10.5. The van der Waals surface area contributed by atoms with Crippen LogP contribution in [0.3, 0.4) is 0 Å². The maximum atomic E-state index is 6.33. The summed E-state index contributed by atoms with van der Waals surface area (Å²) in [6.45, 7) is 0. The molecule has 2 atom stereocenters. The zero-order chi connectivity index (χ0) is 9.26. The van der Waals surface area contributed by atoms with Gasteiger partial charge in [-0.05, 0) is 40.2 Å². The Bertz CT molecular complexity index is 284. The maximum Gasteiger partial charge on any atom is 0.0412 e. The van der Waals surface area contributed by atoms with Crippen molar-refractivity contribution < 1.29 is 0 Å². The number of hydrogen-bond donors (Lipinski definition) is 0. The van der Waals surface area contributed by atoms with Crippen LogP contribution in [-0.2, 0) is 0 Å². The smallest absolute Gasteiger partial charge is 0.0412 e. The van der Waals surface area contributed by atoms with E-state index in [1.807, 2.05) is 11.3 Å². The van der Waals surface area contributed by atoms with Crippen molar-refractivity contribution in [1.29, 1.82) is 0 Å². The predicted octanol–water partition coefficient (Wildman–Crippen LogP) is 4.78. The third-order valence-electron chi connectivity index (χ3n) is 2.66. The molecule has 1 fully saturated rings. The van der Waals surface area contributed by atoms with Crippen LogP contribution in [0.4, 0.5) is 0 Å². The van der Waals surface area contributed by atoms with Gasteiger partial charge in [0.05, 0.1) is 0 Å². The summed E-state index contributed by atoms with van der Waals surface area (Å²) >= 11 is 11.7. The Kier molecular flexibility index (Phi) is 3.33. The molecule has 0 aromatic carbocycles. The molecule has 1 aromatic heterocycles. The highest BCUT2D eigenvalue weighted by molar-refractivity contribution is 9.10. The molecule has 1 heterocycles. The van der Waals surface area contributed by atoms with Crippen LogP contribution in [0.2, 0.25) is 0 Å². The minimum Gasteiger partial charge on any atom is -0.147 e. The second kappa shape index (κ2) is 4.33. The molecular weight excluding hydrogens is 268 g/mol. The Morgan fingerprint density at radius 3 is 2.77 bits per heavy atom. The molecule has 1 aromatic rings. The number of thiophene rings is 1. The first kappa shape index (κ1) is 10.0. The molecule has 0 spiro atoms. The predicted molar refractivity (Wildman–Crippen MR) is 62.9 cm³/mol. The molecule has 0 N–H and O–H groups in total. The fraction of sp³-hybridized carbons (Fsp3) is 0.600. The summed E-state index contributed by atoms with van der Waals surface area (Å²) in [7, 11) is 0. The molecular formula is C10H12BrClS. The van der Waals surface area contributed by atoms with Gasteiger partial charge in [-0.3, -0.25) is 0 Å². The molecule has 0 saturated heterocycles. The highest BCUT2D eigenvalue weighted by atomic mass is 79.9. The van der Waals surface area contributed by atoms with Gasteiger partial charge in [0.25, 0.3) is 0 Å². The van der Waals surface area contributed by atoms with Gasteiger partial charge in [0.1, 0.15) is 0 Å². The lowest BCUT2D eigenvalue weighted by Crippen LogP contribution is -2.16. The second-order valence-electron chi connectivity index (χ2n) is 3.54. The van der Waals surface area contributed by atoms with Gasteiger partial charge in [0, 0.05) is 20.6 Å². The minimum atomic E-state index is 0.351. The van der Waals surface area contributed by atoms with Gasteiger partial charge in [-0.15, -0.1) is 22.9 Å². The van der Waals surface area contributed by atoms with Gasteiger partial charge in [-0.2, -0.15) is 0 Å². The largest absolute Gasteiger partial charge is 0.147 e. The Hall–Kier alpha value is 0.470. The molecule has 13 heavy (non-hydrogen) atoms. The first-order chi connectivity index (χ1) is 6.29. The first-order valence-corrected chi connectivity index (χ1v) is 6.77. The van der Waals surface area contributed by atoms with Crippen LogP contribution < -0.4 is 0 Å². The first-order valence-electron chi connectivity index (χ1n) is 4.66. The summed E-state index contributed by atoms with van der Waals surface area (Å²) in [6, 6.07) is 2.12. The fourth-order valence-corrected chi connectivity index (χ4v) is 4.30. The van der Waals surface area contributed by atoms with Gasteiger partial charge >= 0.3 is 0 Å². The fourth-order valence-electron chi connectivity index (χ4n) is 1.95. The normalized spacial score (nSPS) is 29.1. The average Bonchev–Trinajstić information content (AvgIpc) is 2.52. The highest BCUT2D eigenvalue weighted by Crippen LogP contribution is 2.41. The number of rotatable bonds is 1. The maximum absolute atomic E-state index is 6.33. The molecule has 1 aliphatic rings. The highest BCUT2D eigenvalue weighted by Gasteiger charge is 2.26. The Morgan fingerprint density at radius 1 is 1.38 bits per heavy atom. The number of halogens is 2. The summed E-state index contributed by atoms with van der Waals surface area (Å²) in [5.41, 5.74) is 0. The van der Waals surface area contributed by atoms with Crippen molar-refractivity contribution in [3.8, 4) is 0 Å². The van der Waals surface area contributed by atoms with Crippen molar-refractivity contribution in [2.75, 3.05) is 0 Å². The van der Waals surface area contributed by atoms with E-state index in [0.29, 0.717) is 11.3 Å². The van der Waals surface area contributed by atoms with Gasteiger partial charge < -0.3 is 0 Å². The molecule has 2 unspecified atom stereocenters. The average molecular weight is 280 g/mol. The summed E-state index contributed by atoms with van der Waals surface area (Å²) in [5.74, 6) is 0.588. The summed E-state index contributed by atoms with van der Waals surface area (Å²) in [4.78, 5) is 1.44. The van der Waals surface area contributed by atoms with E-state index in [9.17, 15) is 0 Å². The van der Waals surface area contributed by atoms with E-state index in [1.165, 1.54) is 35.0 Å². The molecule has 3 heteroatoms. The third kappa shape index (κ3) is 2.11. The molecule has 2 rings (SSSR count). The van der Waals surface area contributed by atoms with E-state index >= 15 is 0 Å².